The van der Waals surface area contributed by atoms with Crippen LogP contribution in [0.2, 0.25) is 5.02 Å². The van der Waals surface area contributed by atoms with Gasteiger partial charge in [0.25, 0.3) is 5.91 Å². The van der Waals surface area contributed by atoms with Crippen molar-refractivity contribution in [1.82, 2.24) is 5.32 Å². The monoisotopic (exact) mass is 285 g/mol. The van der Waals surface area contributed by atoms with E-state index in [1.54, 1.807) is 31.2 Å². The fourth-order valence-corrected chi connectivity index (χ4v) is 1.53. The Bertz CT molecular complexity index is 477. The molecule has 104 valence electrons. The third-order valence-electron chi connectivity index (χ3n) is 2.79. The van der Waals surface area contributed by atoms with Crippen LogP contribution in [0.1, 0.15) is 20.3 Å². The fourth-order valence-electron chi connectivity index (χ4n) is 1.34. The van der Waals surface area contributed by atoms with Crippen LogP contribution < -0.4 is 10.1 Å². The minimum Gasteiger partial charge on any atom is -0.482 e. The predicted molar refractivity (Wildman–Crippen MR) is 71.4 cm³/mol. The van der Waals surface area contributed by atoms with Gasteiger partial charge in [0.1, 0.15) is 11.3 Å². The Labute approximate surface area is 116 Å². The second kappa shape index (κ2) is 6.43. The van der Waals surface area contributed by atoms with Crippen molar-refractivity contribution >= 4 is 23.5 Å². The SMILES string of the molecule is CCC(C)(NC(=O)COc1ccccc1Cl)C(=O)O. The van der Waals surface area contributed by atoms with E-state index in [0.717, 1.165) is 0 Å². The lowest BCUT2D eigenvalue weighted by atomic mass is 9.99. The maximum Gasteiger partial charge on any atom is 0.329 e. The number of ether oxygens (including phenoxy) is 1. The van der Waals surface area contributed by atoms with Gasteiger partial charge in [-0.25, -0.2) is 4.79 Å². The molecule has 0 aliphatic rings. The van der Waals surface area contributed by atoms with E-state index in [1.165, 1.54) is 6.92 Å². The number of carbonyl (C=O) groups excluding carboxylic acids is 1. The molecule has 0 aliphatic carbocycles. The van der Waals surface area contributed by atoms with Crippen molar-refractivity contribution in [3.63, 3.8) is 0 Å². The summed E-state index contributed by atoms with van der Waals surface area (Å²) in [6, 6.07) is 6.74. The second-order valence-electron chi connectivity index (χ2n) is 4.26. The zero-order valence-electron chi connectivity index (χ0n) is 10.8. The van der Waals surface area contributed by atoms with E-state index in [0.29, 0.717) is 10.8 Å². The number of hydrogen-bond donors (Lipinski definition) is 2. The Morgan fingerprint density at radius 3 is 2.58 bits per heavy atom. The molecule has 5 nitrogen and oxygen atoms in total. The largest absolute Gasteiger partial charge is 0.482 e. The first-order chi connectivity index (χ1) is 8.89. The minimum absolute atomic E-state index is 0.278. The molecule has 0 fully saturated rings. The summed E-state index contributed by atoms with van der Waals surface area (Å²) in [7, 11) is 0. The first kappa shape index (κ1) is 15.3. The van der Waals surface area contributed by atoms with Crippen molar-refractivity contribution < 1.29 is 19.4 Å². The summed E-state index contributed by atoms with van der Waals surface area (Å²) >= 11 is 5.87. The summed E-state index contributed by atoms with van der Waals surface area (Å²) in [6.07, 6.45) is 0.278. The van der Waals surface area contributed by atoms with E-state index in [2.05, 4.69) is 5.32 Å². The quantitative estimate of drug-likeness (QED) is 0.839. The van der Waals surface area contributed by atoms with Gasteiger partial charge in [-0.3, -0.25) is 4.79 Å². The summed E-state index contributed by atoms with van der Waals surface area (Å²) in [5, 5.41) is 11.9. The van der Waals surface area contributed by atoms with Gasteiger partial charge in [-0.2, -0.15) is 0 Å². The van der Waals surface area contributed by atoms with Crippen LogP contribution in [0.3, 0.4) is 0 Å². The lowest BCUT2D eigenvalue weighted by molar-refractivity contribution is -0.147. The summed E-state index contributed by atoms with van der Waals surface area (Å²) < 4.78 is 5.23. The van der Waals surface area contributed by atoms with Gasteiger partial charge in [0, 0.05) is 0 Å². The molecule has 6 heteroatoms. The van der Waals surface area contributed by atoms with Gasteiger partial charge in [-0.15, -0.1) is 0 Å². The Balaban J connectivity index is 2.57. The molecule has 0 spiro atoms. The smallest absolute Gasteiger partial charge is 0.329 e. The Hall–Kier alpha value is -1.75. The maximum absolute atomic E-state index is 11.7. The molecule has 0 aliphatic heterocycles. The minimum atomic E-state index is -1.29. The van der Waals surface area contributed by atoms with Gasteiger partial charge in [-0.05, 0) is 25.5 Å². The topological polar surface area (TPSA) is 75.6 Å². The molecule has 0 radical (unpaired) electrons. The number of carbonyl (C=O) groups is 2. The molecule has 0 saturated carbocycles. The van der Waals surface area contributed by atoms with Crippen LogP contribution >= 0.6 is 11.6 Å². The summed E-state index contributed by atoms with van der Waals surface area (Å²) in [5.41, 5.74) is -1.29. The van der Waals surface area contributed by atoms with E-state index in [4.69, 9.17) is 21.4 Å². The third kappa shape index (κ3) is 4.13. The van der Waals surface area contributed by atoms with Gasteiger partial charge in [-0.1, -0.05) is 30.7 Å². The average molecular weight is 286 g/mol. The number of para-hydroxylation sites is 1. The summed E-state index contributed by atoms with van der Waals surface area (Å²) in [4.78, 5) is 22.7. The molecule has 1 rings (SSSR count). The number of rotatable bonds is 6. The molecule has 0 aromatic heterocycles. The molecule has 0 saturated heterocycles. The zero-order chi connectivity index (χ0) is 14.5. The van der Waals surface area contributed by atoms with E-state index < -0.39 is 17.4 Å². The zero-order valence-corrected chi connectivity index (χ0v) is 11.5. The van der Waals surface area contributed by atoms with Crippen molar-refractivity contribution in [2.75, 3.05) is 6.61 Å². The van der Waals surface area contributed by atoms with Crippen LogP contribution in [-0.4, -0.2) is 29.1 Å². The number of halogens is 1. The molecule has 0 heterocycles. The van der Waals surface area contributed by atoms with Crippen LogP contribution in [0.5, 0.6) is 5.75 Å². The summed E-state index contributed by atoms with van der Waals surface area (Å²) in [5.74, 6) is -1.21. The predicted octanol–water partition coefficient (Wildman–Crippen LogP) is 2.09. The molecular formula is C13H16ClNO4. The maximum atomic E-state index is 11.7. The van der Waals surface area contributed by atoms with Gasteiger partial charge in [0.05, 0.1) is 5.02 Å². The molecule has 1 amide bonds. The molecule has 2 N–H and O–H groups in total. The van der Waals surface area contributed by atoms with Gasteiger partial charge >= 0.3 is 5.97 Å². The Morgan fingerprint density at radius 1 is 1.42 bits per heavy atom. The molecular weight excluding hydrogens is 270 g/mol. The van der Waals surface area contributed by atoms with Gasteiger partial charge in [0.2, 0.25) is 0 Å². The third-order valence-corrected chi connectivity index (χ3v) is 3.10. The van der Waals surface area contributed by atoms with Crippen molar-refractivity contribution in [2.45, 2.75) is 25.8 Å². The molecule has 19 heavy (non-hydrogen) atoms. The van der Waals surface area contributed by atoms with Crippen molar-refractivity contribution in [3.05, 3.63) is 29.3 Å². The number of benzene rings is 1. The lowest BCUT2D eigenvalue weighted by Crippen LogP contribution is -2.53. The number of hydrogen-bond acceptors (Lipinski definition) is 3. The Morgan fingerprint density at radius 2 is 2.05 bits per heavy atom. The Kier molecular flexibility index (Phi) is 5.18. The average Bonchev–Trinajstić information content (AvgIpc) is 2.37. The van der Waals surface area contributed by atoms with Crippen LogP contribution in [-0.2, 0) is 9.59 Å². The van der Waals surface area contributed by atoms with E-state index in [9.17, 15) is 9.59 Å². The molecule has 1 aromatic carbocycles. The number of nitrogens with one attached hydrogen (secondary N) is 1. The van der Waals surface area contributed by atoms with Crippen molar-refractivity contribution in [1.29, 1.82) is 0 Å². The normalized spacial score (nSPS) is 13.4. The van der Waals surface area contributed by atoms with E-state index in [-0.39, 0.29) is 13.0 Å². The molecule has 1 aromatic rings. The standard InChI is InChI=1S/C13H16ClNO4/c1-3-13(2,12(17)18)15-11(16)8-19-10-7-5-4-6-9(10)14/h4-7H,3,8H2,1-2H3,(H,15,16)(H,17,18). The van der Waals surface area contributed by atoms with E-state index in [1.807, 2.05) is 0 Å². The van der Waals surface area contributed by atoms with Crippen LogP contribution in [0.15, 0.2) is 24.3 Å². The summed E-state index contributed by atoms with van der Waals surface area (Å²) in [6.45, 7) is 2.85. The van der Waals surface area contributed by atoms with Crippen LogP contribution in [0, 0.1) is 0 Å². The number of aliphatic carboxylic acids is 1. The highest BCUT2D eigenvalue weighted by molar-refractivity contribution is 6.32. The van der Waals surface area contributed by atoms with Crippen LogP contribution in [0.25, 0.3) is 0 Å². The lowest BCUT2D eigenvalue weighted by Gasteiger charge is -2.24. The second-order valence-corrected chi connectivity index (χ2v) is 4.67. The molecule has 1 atom stereocenters. The van der Waals surface area contributed by atoms with E-state index >= 15 is 0 Å². The number of amides is 1. The van der Waals surface area contributed by atoms with Crippen molar-refractivity contribution in [3.8, 4) is 5.75 Å². The molecule has 1 unspecified atom stereocenters. The highest BCUT2D eigenvalue weighted by Gasteiger charge is 2.32. The number of carboxylic acids is 1. The van der Waals surface area contributed by atoms with Gasteiger partial charge < -0.3 is 15.2 Å². The highest BCUT2D eigenvalue weighted by Crippen LogP contribution is 2.22. The molecule has 0 bridgehead atoms. The fraction of sp³-hybridized carbons (Fsp3) is 0.385. The first-order valence-electron chi connectivity index (χ1n) is 5.81. The van der Waals surface area contributed by atoms with Crippen LogP contribution in [0.4, 0.5) is 0 Å². The highest BCUT2D eigenvalue weighted by atomic mass is 35.5. The van der Waals surface area contributed by atoms with Crippen molar-refractivity contribution in [2.24, 2.45) is 0 Å². The first-order valence-corrected chi connectivity index (χ1v) is 6.18. The van der Waals surface area contributed by atoms with Gasteiger partial charge in [0.15, 0.2) is 6.61 Å². The number of carboxylic acid groups (broad SMARTS) is 1.